The first kappa shape index (κ1) is 17.3. The third kappa shape index (κ3) is 3.09. The van der Waals surface area contributed by atoms with Crippen LogP contribution in [0.3, 0.4) is 0 Å². The summed E-state index contributed by atoms with van der Waals surface area (Å²) in [6.45, 7) is 1.53. The molecule has 3 saturated heterocycles. The lowest BCUT2D eigenvalue weighted by atomic mass is 9.92. The van der Waals surface area contributed by atoms with Gasteiger partial charge in [0.25, 0.3) is 6.01 Å². The second kappa shape index (κ2) is 6.67. The van der Waals surface area contributed by atoms with Crippen LogP contribution in [0.1, 0.15) is 38.5 Å². The quantitative estimate of drug-likeness (QED) is 0.854. The number of hydrogen-bond acceptors (Lipinski definition) is 5. The Morgan fingerprint density at radius 1 is 1.15 bits per heavy atom. The predicted molar refractivity (Wildman–Crippen MR) is 103 cm³/mol. The van der Waals surface area contributed by atoms with Crippen molar-refractivity contribution in [1.29, 1.82) is 0 Å². The van der Waals surface area contributed by atoms with E-state index in [1.165, 1.54) is 0 Å². The summed E-state index contributed by atoms with van der Waals surface area (Å²) in [6.07, 6.45) is 4.96. The van der Waals surface area contributed by atoms with E-state index in [2.05, 4.69) is 14.8 Å². The molecule has 1 unspecified atom stereocenters. The van der Waals surface area contributed by atoms with Crippen LogP contribution in [0.15, 0.2) is 22.6 Å². The third-order valence-corrected chi connectivity index (χ3v) is 6.65. The lowest BCUT2D eigenvalue weighted by molar-refractivity contribution is -0.142. The highest BCUT2D eigenvalue weighted by atomic mass is 35.5. The lowest BCUT2D eigenvalue weighted by Crippen LogP contribution is -2.51. The van der Waals surface area contributed by atoms with Crippen LogP contribution < -0.4 is 4.90 Å². The number of nitrogens with zero attached hydrogens (tertiary/aromatic N) is 3. The Labute approximate surface area is 163 Å². The number of halogens is 1. The number of piperidine rings is 2. The van der Waals surface area contributed by atoms with Crippen LogP contribution in [0.2, 0.25) is 5.02 Å². The van der Waals surface area contributed by atoms with Gasteiger partial charge in [-0.1, -0.05) is 11.6 Å². The minimum absolute atomic E-state index is 0.0680. The molecule has 0 radical (unpaired) electrons. The lowest BCUT2D eigenvalue weighted by Gasteiger charge is -2.40. The zero-order valence-electron chi connectivity index (χ0n) is 15.2. The van der Waals surface area contributed by atoms with Crippen molar-refractivity contribution in [2.24, 2.45) is 5.92 Å². The van der Waals surface area contributed by atoms with Gasteiger partial charge >= 0.3 is 0 Å². The molecule has 7 heteroatoms. The van der Waals surface area contributed by atoms with Crippen LogP contribution in [-0.4, -0.2) is 52.2 Å². The number of carbonyl (C=O) groups excluding carboxylic acids is 1. The van der Waals surface area contributed by atoms with E-state index in [-0.39, 0.29) is 24.1 Å². The second-order valence-electron chi connectivity index (χ2n) is 8.13. The van der Waals surface area contributed by atoms with Crippen LogP contribution >= 0.6 is 11.6 Å². The van der Waals surface area contributed by atoms with Crippen LogP contribution in [0.25, 0.3) is 11.1 Å². The van der Waals surface area contributed by atoms with Gasteiger partial charge in [0.15, 0.2) is 5.58 Å². The molecule has 144 valence electrons. The summed E-state index contributed by atoms with van der Waals surface area (Å²) in [7, 11) is 0. The minimum Gasteiger partial charge on any atom is -0.423 e. The Morgan fingerprint density at radius 3 is 2.56 bits per heavy atom. The summed E-state index contributed by atoms with van der Waals surface area (Å²) < 4.78 is 5.86. The minimum atomic E-state index is -0.235. The van der Waals surface area contributed by atoms with Crippen LogP contribution in [0, 0.1) is 5.92 Å². The normalized spacial score (nSPS) is 28.9. The molecule has 6 nitrogen and oxygen atoms in total. The summed E-state index contributed by atoms with van der Waals surface area (Å²) in [4.78, 5) is 21.9. The largest absolute Gasteiger partial charge is 0.423 e. The molecule has 0 spiro atoms. The number of anilines is 1. The number of aliphatic hydroxyl groups is 1. The first-order chi connectivity index (χ1) is 13.1. The van der Waals surface area contributed by atoms with Gasteiger partial charge < -0.3 is 19.3 Å². The Kier molecular flexibility index (Phi) is 4.28. The van der Waals surface area contributed by atoms with Gasteiger partial charge in [0.2, 0.25) is 5.91 Å². The number of aliphatic hydroxyl groups excluding tert-OH is 1. The SMILES string of the molecule is O=C(C1CCN(c2nc3ccc(Cl)cc3o2)CC1)N1[C@@H]2CC[C@H]1CC(O)C2. The highest BCUT2D eigenvalue weighted by Gasteiger charge is 2.44. The molecule has 0 saturated carbocycles. The molecule has 3 aliphatic heterocycles. The maximum Gasteiger partial charge on any atom is 0.298 e. The number of aromatic nitrogens is 1. The molecule has 2 bridgehead atoms. The van der Waals surface area contributed by atoms with Crippen LogP contribution in [0.5, 0.6) is 0 Å². The molecule has 5 rings (SSSR count). The fourth-order valence-electron chi connectivity index (χ4n) is 5.06. The smallest absolute Gasteiger partial charge is 0.298 e. The van der Waals surface area contributed by atoms with Crippen molar-refractivity contribution in [3.8, 4) is 0 Å². The molecule has 27 heavy (non-hydrogen) atoms. The molecule has 1 aromatic heterocycles. The van der Waals surface area contributed by atoms with Crippen molar-refractivity contribution in [3.63, 3.8) is 0 Å². The van der Waals surface area contributed by atoms with Crippen LogP contribution in [0.4, 0.5) is 6.01 Å². The maximum atomic E-state index is 13.1. The average molecular weight is 390 g/mol. The Bertz CT molecular complexity index is 847. The van der Waals surface area contributed by atoms with E-state index in [1.807, 2.05) is 12.1 Å². The molecule has 3 aliphatic rings. The van der Waals surface area contributed by atoms with Gasteiger partial charge in [0.05, 0.1) is 6.10 Å². The standard InChI is InChI=1S/C20H24ClN3O3/c21-13-1-4-17-18(9-13)27-20(22-17)23-7-5-12(6-8-23)19(26)24-14-2-3-15(24)11-16(25)10-14/h1,4,9,12,14-16,25H,2-3,5-8,10-11H2/t14-,15+,16?. The molecule has 3 atom stereocenters. The van der Waals surface area contributed by atoms with Crippen molar-refractivity contribution in [2.45, 2.75) is 56.7 Å². The van der Waals surface area contributed by atoms with E-state index >= 15 is 0 Å². The Hall–Kier alpha value is -1.79. The van der Waals surface area contributed by atoms with Gasteiger partial charge in [-0.05, 0) is 50.7 Å². The molecular weight excluding hydrogens is 366 g/mol. The highest BCUT2D eigenvalue weighted by molar-refractivity contribution is 6.31. The van der Waals surface area contributed by atoms with E-state index in [4.69, 9.17) is 16.0 Å². The van der Waals surface area contributed by atoms with Crippen molar-refractivity contribution >= 4 is 34.6 Å². The number of fused-ring (bicyclic) bond motifs is 3. The first-order valence-electron chi connectivity index (χ1n) is 9.90. The fourth-order valence-corrected chi connectivity index (χ4v) is 5.22. The molecule has 3 fully saturated rings. The predicted octanol–water partition coefficient (Wildman–Crippen LogP) is 3.21. The van der Waals surface area contributed by atoms with Crippen LogP contribution in [-0.2, 0) is 4.79 Å². The molecule has 2 aromatic rings. The Balaban J connectivity index is 1.25. The summed E-state index contributed by atoms with van der Waals surface area (Å²) >= 11 is 6.02. The van der Waals surface area contributed by atoms with Crippen molar-refractivity contribution in [2.75, 3.05) is 18.0 Å². The summed E-state index contributed by atoms with van der Waals surface area (Å²) in [5.74, 6) is 0.358. The topological polar surface area (TPSA) is 69.8 Å². The maximum absolute atomic E-state index is 13.1. The van der Waals surface area contributed by atoms with E-state index < -0.39 is 0 Å². The van der Waals surface area contributed by atoms with Gasteiger partial charge in [0.1, 0.15) is 5.52 Å². The van der Waals surface area contributed by atoms with Gasteiger partial charge in [-0.15, -0.1) is 0 Å². The summed E-state index contributed by atoms with van der Waals surface area (Å²) in [5.41, 5.74) is 1.50. The summed E-state index contributed by atoms with van der Waals surface area (Å²) in [5, 5.41) is 10.6. The van der Waals surface area contributed by atoms with E-state index in [0.29, 0.717) is 22.5 Å². The average Bonchev–Trinajstić information content (AvgIpc) is 3.20. The molecule has 1 N–H and O–H groups in total. The number of carbonyl (C=O) groups is 1. The summed E-state index contributed by atoms with van der Waals surface area (Å²) in [6, 6.07) is 6.55. The van der Waals surface area contributed by atoms with Gasteiger partial charge in [-0.2, -0.15) is 4.98 Å². The third-order valence-electron chi connectivity index (χ3n) is 6.42. The molecule has 0 aliphatic carbocycles. The first-order valence-corrected chi connectivity index (χ1v) is 10.3. The van der Waals surface area contributed by atoms with E-state index in [0.717, 1.165) is 57.1 Å². The van der Waals surface area contributed by atoms with Crippen molar-refractivity contribution in [3.05, 3.63) is 23.2 Å². The van der Waals surface area contributed by atoms with Gasteiger partial charge in [-0.3, -0.25) is 4.79 Å². The van der Waals surface area contributed by atoms with Crippen molar-refractivity contribution in [1.82, 2.24) is 9.88 Å². The molecular formula is C20H24ClN3O3. The van der Waals surface area contributed by atoms with Crippen molar-refractivity contribution < 1.29 is 14.3 Å². The number of oxazole rings is 1. The molecule has 1 aromatic carbocycles. The number of benzene rings is 1. The Morgan fingerprint density at radius 2 is 1.85 bits per heavy atom. The number of amides is 1. The molecule has 1 amide bonds. The highest BCUT2D eigenvalue weighted by Crippen LogP contribution is 2.38. The van der Waals surface area contributed by atoms with Gasteiger partial charge in [-0.25, -0.2) is 0 Å². The second-order valence-corrected chi connectivity index (χ2v) is 8.56. The number of rotatable bonds is 2. The molecule has 4 heterocycles. The monoisotopic (exact) mass is 389 g/mol. The zero-order chi connectivity index (χ0) is 18.5. The fraction of sp³-hybridized carbons (Fsp3) is 0.600. The van der Waals surface area contributed by atoms with E-state index in [1.54, 1.807) is 6.07 Å². The number of hydrogen-bond donors (Lipinski definition) is 1. The van der Waals surface area contributed by atoms with Gasteiger partial charge in [0, 0.05) is 42.2 Å². The zero-order valence-corrected chi connectivity index (χ0v) is 15.9. The van der Waals surface area contributed by atoms with E-state index in [9.17, 15) is 9.90 Å².